The SMILES string of the molecule is CNC(=O)C(c1ccccc1)N(Cc1ccc(Cl)cc1)C(=O)COc1ccc(S(=O)(=O)Nc2ccc(F)cc2)cc1. The fraction of sp³-hybridized carbons (Fsp3) is 0.133. The molecule has 8 nitrogen and oxygen atoms in total. The van der Waals surface area contributed by atoms with Gasteiger partial charge in [0.15, 0.2) is 6.61 Å². The molecule has 0 aliphatic carbocycles. The predicted octanol–water partition coefficient (Wildman–Crippen LogP) is 5.17. The Labute approximate surface area is 242 Å². The molecule has 4 aromatic rings. The Balaban J connectivity index is 1.51. The first kappa shape index (κ1) is 29.6. The molecule has 11 heteroatoms. The van der Waals surface area contributed by atoms with Crippen molar-refractivity contribution in [3.05, 3.63) is 125 Å². The van der Waals surface area contributed by atoms with Crippen LogP contribution in [0.15, 0.2) is 108 Å². The average Bonchev–Trinajstić information content (AvgIpc) is 2.98. The summed E-state index contributed by atoms with van der Waals surface area (Å²) in [6.45, 7) is -0.299. The van der Waals surface area contributed by atoms with Crippen LogP contribution in [0.2, 0.25) is 5.02 Å². The molecule has 0 radical (unpaired) electrons. The summed E-state index contributed by atoms with van der Waals surface area (Å²) in [4.78, 5) is 27.9. The molecule has 212 valence electrons. The minimum atomic E-state index is -3.94. The number of halogens is 2. The molecule has 0 saturated carbocycles. The summed E-state index contributed by atoms with van der Waals surface area (Å²) in [5.74, 6) is -1.07. The van der Waals surface area contributed by atoms with E-state index in [9.17, 15) is 22.4 Å². The van der Waals surface area contributed by atoms with E-state index < -0.39 is 34.4 Å². The number of nitrogens with zero attached hydrogens (tertiary/aromatic N) is 1. The zero-order chi connectivity index (χ0) is 29.4. The summed E-state index contributed by atoms with van der Waals surface area (Å²) in [5.41, 5.74) is 1.59. The highest BCUT2D eigenvalue weighted by Gasteiger charge is 2.31. The van der Waals surface area contributed by atoms with Crippen molar-refractivity contribution < 1.29 is 27.1 Å². The number of nitrogens with one attached hydrogen (secondary N) is 2. The van der Waals surface area contributed by atoms with Crippen molar-refractivity contribution in [3.8, 4) is 5.75 Å². The minimum absolute atomic E-state index is 0.0476. The molecule has 0 bridgehead atoms. The first-order valence-corrected chi connectivity index (χ1v) is 14.3. The van der Waals surface area contributed by atoms with Gasteiger partial charge in [0.25, 0.3) is 15.9 Å². The number of hydrogen-bond acceptors (Lipinski definition) is 5. The van der Waals surface area contributed by atoms with Gasteiger partial charge in [-0.25, -0.2) is 12.8 Å². The van der Waals surface area contributed by atoms with Crippen LogP contribution in [0, 0.1) is 5.82 Å². The van der Waals surface area contributed by atoms with Gasteiger partial charge in [0, 0.05) is 24.3 Å². The average molecular weight is 596 g/mol. The van der Waals surface area contributed by atoms with Crippen LogP contribution < -0.4 is 14.8 Å². The van der Waals surface area contributed by atoms with E-state index in [2.05, 4.69) is 10.0 Å². The third-order valence-corrected chi connectivity index (χ3v) is 7.75. The maximum absolute atomic E-state index is 13.5. The van der Waals surface area contributed by atoms with Crippen LogP contribution in [0.5, 0.6) is 5.75 Å². The number of benzene rings is 4. The summed E-state index contributed by atoms with van der Waals surface area (Å²) in [6, 6.07) is 25.4. The van der Waals surface area contributed by atoms with E-state index in [0.29, 0.717) is 10.6 Å². The maximum atomic E-state index is 13.5. The first-order chi connectivity index (χ1) is 19.7. The lowest BCUT2D eigenvalue weighted by Crippen LogP contribution is -2.44. The first-order valence-electron chi connectivity index (χ1n) is 12.5. The van der Waals surface area contributed by atoms with Gasteiger partial charge in [-0.3, -0.25) is 14.3 Å². The molecule has 0 aliphatic rings. The second-order valence-corrected chi connectivity index (χ2v) is 11.1. The van der Waals surface area contributed by atoms with Crippen molar-refractivity contribution in [2.24, 2.45) is 0 Å². The Bertz CT molecular complexity index is 1580. The minimum Gasteiger partial charge on any atom is -0.484 e. The Hall–Kier alpha value is -4.41. The fourth-order valence-electron chi connectivity index (χ4n) is 4.03. The summed E-state index contributed by atoms with van der Waals surface area (Å²) >= 11 is 6.03. The molecule has 0 heterocycles. The molecule has 0 saturated heterocycles. The summed E-state index contributed by atoms with van der Waals surface area (Å²) in [6.07, 6.45) is 0. The second-order valence-electron chi connectivity index (χ2n) is 8.95. The van der Waals surface area contributed by atoms with Crippen LogP contribution >= 0.6 is 11.6 Å². The summed E-state index contributed by atoms with van der Waals surface area (Å²) in [7, 11) is -2.44. The number of carbonyl (C=O) groups is 2. The number of rotatable bonds is 11. The molecule has 0 aliphatic heterocycles. The van der Waals surface area contributed by atoms with Gasteiger partial charge < -0.3 is 15.0 Å². The Kier molecular flexibility index (Phi) is 9.59. The highest BCUT2D eigenvalue weighted by atomic mass is 35.5. The van der Waals surface area contributed by atoms with E-state index in [4.69, 9.17) is 16.3 Å². The van der Waals surface area contributed by atoms with Crippen molar-refractivity contribution in [1.29, 1.82) is 0 Å². The standard InChI is InChI=1S/C30H27ClFN3O5S/c1-33-30(37)29(22-5-3-2-4-6-22)35(19-21-7-9-23(31)10-8-21)28(36)20-40-26-15-17-27(18-16-26)41(38,39)34-25-13-11-24(32)12-14-25/h2-18,29,34H,19-20H2,1H3,(H,33,37). The van der Waals surface area contributed by atoms with Crippen molar-refractivity contribution >= 4 is 39.1 Å². The van der Waals surface area contributed by atoms with Crippen LogP contribution in [0.25, 0.3) is 0 Å². The highest BCUT2D eigenvalue weighted by Crippen LogP contribution is 2.25. The van der Waals surface area contributed by atoms with Gasteiger partial charge in [0.2, 0.25) is 5.91 Å². The van der Waals surface area contributed by atoms with Crippen LogP contribution in [0.1, 0.15) is 17.2 Å². The van der Waals surface area contributed by atoms with Crippen LogP contribution in [0.3, 0.4) is 0 Å². The van der Waals surface area contributed by atoms with Gasteiger partial charge in [0.05, 0.1) is 4.90 Å². The van der Waals surface area contributed by atoms with E-state index in [1.807, 2.05) is 6.07 Å². The van der Waals surface area contributed by atoms with Gasteiger partial charge in [-0.15, -0.1) is 0 Å². The Morgan fingerprint density at radius 3 is 2.15 bits per heavy atom. The van der Waals surface area contributed by atoms with Crippen molar-refractivity contribution in [2.45, 2.75) is 17.5 Å². The molecule has 0 aromatic heterocycles. The molecular formula is C30H27ClFN3O5S. The number of sulfonamides is 1. The Morgan fingerprint density at radius 2 is 1.54 bits per heavy atom. The van der Waals surface area contributed by atoms with Crippen LogP contribution in [-0.4, -0.2) is 38.8 Å². The molecule has 0 fully saturated rings. The van der Waals surface area contributed by atoms with Crippen molar-refractivity contribution in [2.75, 3.05) is 18.4 Å². The number of amides is 2. The van der Waals surface area contributed by atoms with E-state index >= 15 is 0 Å². The van der Waals surface area contributed by atoms with Gasteiger partial charge in [-0.2, -0.15) is 0 Å². The fourth-order valence-corrected chi connectivity index (χ4v) is 5.21. The number of ether oxygens (including phenoxy) is 1. The van der Waals surface area contributed by atoms with Gasteiger partial charge in [-0.1, -0.05) is 54.1 Å². The molecule has 1 unspecified atom stereocenters. The molecule has 4 rings (SSSR count). The zero-order valence-corrected chi connectivity index (χ0v) is 23.5. The van der Waals surface area contributed by atoms with Gasteiger partial charge >= 0.3 is 0 Å². The number of carbonyl (C=O) groups excluding carboxylic acids is 2. The number of likely N-dealkylation sites (N-methyl/N-ethyl adjacent to an activating group) is 1. The smallest absolute Gasteiger partial charge is 0.261 e. The normalized spacial score (nSPS) is 11.8. The predicted molar refractivity (Wildman–Crippen MR) is 154 cm³/mol. The Morgan fingerprint density at radius 1 is 0.902 bits per heavy atom. The topological polar surface area (TPSA) is 105 Å². The molecule has 0 spiro atoms. The third-order valence-electron chi connectivity index (χ3n) is 6.10. The van der Waals surface area contributed by atoms with E-state index in [-0.39, 0.29) is 28.8 Å². The van der Waals surface area contributed by atoms with Crippen LogP contribution in [0.4, 0.5) is 10.1 Å². The third kappa shape index (κ3) is 7.84. The molecular weight excluding hydrogens is 569 g/mol. The second kappa shape index (κ2) is 13.3. The van der Waals surface area contributed by atoms with Gasteiger partial charge in [-0.05, 0) is 71.8 Å². The van der Waals surface area contributed by atoms with E-state index in [1.165, 1.54) is 48.3 Å². The van der Waals surface area contributed by atoms with Crippen molar-refractivity contribution in [3.63, 3.8) is 0 Å². The van der Waals surface area contributed by atoms with Crippen molar-refractivity contribution in [1.82, 2.24) is 10.2 Å². The monoisotopic (exact) mass is 595 g/mol. The number of hydrogen-bond donors (Lipinski definition) is 2. The maximum Gasteiger partial charge on any atom is 0.261 e. The highest BCUT2D eigenvalue weighted by molar-refractivity contribution is 7.92. The van der Waals surface area contributed by atoms with Gasteiger partial charge in [0.1, 0.15) is 17.6 Å². The lowest BCUT2D eigenvalue weighted by atomic mass is 10.0. The number of anilines is 1. The molecule has 1 atom stereocenters. The van der Waals surface area contributed by atoms with Crippen LogP contribution in [-0.2, 0) is 26.2 Å². The molecule has 2 amide bonds. The lowest BCUT2D eigenvalue weighted by Gasteiger charge is -2.31. The molecule has 41 heavy (non-hydrogen) atoms. The zero-order valence-electron chi connectivity index (χ0n) is 22.0. The summed E-state index contributed by atoms with van der Waals surface area (Å²) < 4.78 is 46.6. The molecule has 2 N–H and O–H groups in total. The quantitative estimate of drug-likeness (QED) is 0.249. The van der Waals surface area contributed by atoms with E-state index in [0.717, 1.165) is 17.7 Å². The van der Waals surface area contributed by atoms with E-state index in [1.54, 1.807) is 48.5 Å². The largest absolute Gasteiger partial charge is 0.484 e. The lowest BCUT2D eigenvalue weighted by molar-refractivity contribution is -0.143. The summed E-state index contributed by atoms with van der Waals surface area (Å²) in [5, 5.41) is 3.17. The molecule has 4 aromatic carbocycles.